The molecule has 0 aliphatic heterocycles. The SMILES string of the molecule is Cc1cccc(C2(N)CCC(C)c3ccccc32)c1. The van der Waals surface area contributed by atoms with Gasteiger partial charge in [-0.05, 0) is 42.4 Å². The van der Waals surface area contributed by atoms with Crippen molar-refractivity contribution in [3.63, 3.8) is 0 Å². The van der Waals surface area contributed by atoms with Crippen LogP contribution in [0.3, 0.4) is 0 Å². The van der Waals surface area contributed by atoms with E-state index in [-0.39, 0.29) is 5.54 Å². The molecule has 3 rings (SSSR count). The molecule has 0 aromatic heterocycles. The summed E-state index contributed by atoms with van der Waals surface area (Å²) >= 11 is 0. The molecule has 98 valence electrons. The van der Waals surface area contributed by atoms with Gasteiger partial charge in [0.05, 0.1) is 5.54 Å². The van der Waals surface area contributed by atoms with Gasteiger partial charge in [0.15, 0.2) is 0 Å². The number of hydrogen-bond donors (Lipinski definition) is 1. The third-order valence-electron chi connectivity index (χ3n) is 4.48. The van der Waals surface area contributed by atoms with Crippen molar-refractivity contribution in [1.29, 1.82) is 0 Å². The molecule has 0 fully saturated rings. The van der Waals surface area contributed by atoms with Crippen LogP contribution in [0.4, 0.5) is 0 Å². The maximum atomic E-state index is 6.82. The van der Waals surface area contributed by atoms with Crippen LogP contribution in [0.5, 0.6) is 0 Å². The Bertz CT molecular complexity index is 602. The van der Waals surface area contributed by atoms with Crippen molar-refractivity contribution >= 4 is 0 Å². The van der Waals surface area contributed by atoms with Gasteiger partial charge in [0.1, 0.15) is 0 Å². The summed E-state index contributed by atoms with van der Waals surface area (Å²) in [6, 6.07) is 17.3. The highest BCUT2D eigenvalue weighted by atomic mass is 14.8. The van der Waals surface area contributed by atoms with Crippen LogP contribution in [0.15, 0.2) is 48.5 Å². The van der Waals surface area contributed by atoms with Gasteiger partial charge < -0.3 is 5.73 Å². The van der Waals surface area contributed by atoms with Gasteiger partial charge >= 0.3 is 0 Å². The van der Waals surface area contributed by atoms with Crippen LogP contribution in [0.1, 0.15) is 47.9 Å². The summed E-state index contributed by atoms with van der Waals surface area (Å²) in [7, 11) is 0. The van der Waals surface area contributed by atoms with Crippen LogP contribution >= 0.6 is 0 Å². The largest absolute Gasteiger partial charge is 0.318 e. The van der Waals surface area contributed by atoms with Crippen molar-refractivity contribution in [3.05, 3.63) is 70.8 Å². The van der Waals surface area contributed by atoms with Crippen LogP contribution in [-0.4, -0.2) is 0 Å². The Kier molecular flexibility index (Phi) is 2.94. The van der Waals surface area contributed by atoms with Gasteiger partial charge in [0.2, 0.25) is 0 Å². The molecule has 0 spiro atoms. The third-order valence-corrected chi connectivity index (χ3v) is 4.48. The summed E-state index contributed by atoms with van der Waals surface area (Å²) in [5, 5.41) is 0. The van der Waals surface area contributed by atoms with Crippen molar-refractivity contribution in [2.45, 2.75) is 38.1 Å². The lowest BCUT2D eigenvalue weighted by atomic mass is 9.69. The molecule has 0 amide bonds. The zero-order valence-electron chi connectivity index (χ0n) is 11.7. The maximum absolute atomic E-state index is 6.82. The number of hydrogen-bond acceptors (Lipinski definition) is 1. The molecule has 1 aliphatic carbocycles. The molecular formula is C18H21N. The minimum Gasteiger partial charge on any atom is -0.318 e. The molecule has 0 heterocycles. The summed E-state index contributed by atoms with van der Waals surface area (Å²) in [5.41, 5.74) is 11.7. The second-order valence-corrected chi connectivity index (χ2v) is 5.87. The second kappa shape index (κ2) is 4.50. The van der Waals surface area contributed by atoms with E-state index in [2.05, 4.69) is 62.4 Å². The van der Waals surface area contributed by atoms with E-state index in [9.17, 15) is 0 Å². The fourth-order valence-corrected chi connectivity index (χ4v) is 3.29. The number of benzene rings is 2. The number of aryl methyl sites for hydroxylation is 1. The van der Waals surface area contributed by atoms with Gasteiger partial charge in [-0.15, -0.1) is 0 Å². The molecular weight excluding hydrogens is 230 g/mol. The second-order valence-electron chi connectivity index (χ2n) is 5.87. The van der Waals surface area contributed by atoms with Crippen LogP contribution in [-0.2, 0) is 5.54 Å². The molecule has 2 N–H and O–H groups in total. The summed E-state index contributed by atoms with van der Waals surface area (Å²) in [4.78, 5) is 0. The molecule has 19 heavy (non-hydrogen) atoms. The summed E-state index contributed by atoms with van der Waals surface area (Å²) in [6.45, 7) is 4.43. The summed E-state index contributed by atoms with van der Waals surface area (Å²) in [5.74, 6) is 0.609. The van der Waals surface area contributed by atoms with Gasteiger partial charge in [0, 0.05) is 0 Å². The number of nitrogens with two attached hydrogens (primary N) is 1. The topological polar surface area (TPSA) is 26.0 Å². The normalized spacial score (nSPS) is 25.9. The van der Waals surface area contributed by atoms with Gasteiger partial charge in [0.25, 0.3) is 0 Å². The van der Waals surface area contributed by atoms with Crippen molar-refractivity contribution in [2.24, 2.45) is 5.73 Å². The highest BCUT2D eigenvalue weighted by molar-refractivity contribution is 5.46. The molecule has 0 bridgehead atoms. The van der Waals surface area contributed by atoms with E-state index in [1.165, 1.54) is 22.3 Å². The number of fused-ring (bicyclic) bond motifs is 1. The molecule has 2 aromatic rings. The average molecular weight is 251 g/mol. The van der Waals surface area contributed by atoms with Gasteiger partial charge in [-0.2, -0.15) is 0 Å². The van der Waals surface area contributed by atoms with Gasteiger partial charge in [-0.3, -0.25) is 0 Å². The molecule has 2 atom stereocenters. The van der Waals surface area contributed by atoms with E-state index in [1.54, 1.807) is 0 Å². The molecule has 0 saturated heterocycles. The van der Waals surface area contributed by atoms with E-state index in [1.807, 2.05) is 0 Å². The first kappa shape index (κ1) is 12.4. The first-order valence-corrected chi connectivity index (χ1v) is 7.07. The monoisotopic (exact) mass is 251 g/mol. The third kappa shape index (κ3) is 1.98. The molecule has 2 aromatic carbocycles. The van der Waals surface area contributed by atoms with E-state index in [0.717, 1.165) is 12.8 Å². The predicted octanol–water partition coefficient (Wildman–Crippen LogP) is 4.09. The Balaban J connectivity index is 2.18. The zero-order chi connectivity index (χ0) is 13.5. The molecule has 2 unspecified atom stereocenters. The van der Waals surface area contributed by atoms with Crippen molar-refractivity contribution in [1.82, 2.24) is 0 Å². The highest BCUT2D eigenvalue weighted by Crippen LogP contribution is 2.43. The molecule has 1 heteroatoms. The molecule has 0 saturated carbocycles. The zero-order valence-corrected chi connectivity index (χ0v) is 11.7. The standard InChI is InChI=1S/C18H21N/c1-13-6-5-7-15(12-13)18(19)11-10-14(2)16-8-3-4-9-17(16)18/h3-9,12,14H,10-11,19H2,1-2H3. The molecule has 0 radical (unpaired) electrons. The predicted molar refractivity (Wildman–Crippen MR) is 80.2 cm³/mol. The first-order chi connectivity index (χ1) is 9.11. The summed E-state index contributed by atoms with van der Waals surface area (Å²) < 4.78 is 0. The lowest BCUT2D eigenvalue weighted by Gasteiger charge is -2.39. The minimum atomic E-state index is -0.324. The fourth-order valence-electron chi connectivity index (χ4n) is 3.29. The van der Waals surface area contributed by atoms with Crippen LogP contribution in [0, 0.1) is 6.92 Å². The smallest absolute Gasteiger partial charge is 0.0668 e. The number of rotatable bonds is 1. The lowest BCUT2D eigenvalue weighted by molar-refractivity contribution is 0.412. The Morgan fingerprint density at radius 3 is 2.68 bits per heavy atom. The van der Waals surface area contributed by atoms with Crippen LogP contribution in [0.2, 0.25) is 0 Å². The Morgan fingerprint density at radius 1 is 1.11 bits per heavy atom. The minimum absolute atomic E-state index is 0.324. The van der Waals surface area contributed by atoms with E-state index >= 15 is 0 Å². The Morgan fingerprint density at radius 2 is 1.89 bits per heavy atom. The van der Waals surface area contributed by atoms with Gasteiger partial charge in [-0.1, -0.05) is 61.0 Å². The van der Waals surface area contributed by atoms with Crippen molar-refractivity contribution < 1.29 is 0 Å². The quantitative estimate of drug-likeness (QED) is 0.811. The van der Waals surface area contributed by atoms with Crippen molar-refractivity contribution in [3.8, 4) is 0 Å². The average Bonchev–Trinajstić information content (AvgIpc) is 2.43. The Hall–Kier alpha value is -1.60. The van der Waals surface area contributed by atoms with E-state index in [4.69, 9.17) is 5.73 Å². The fraction of sp³-hybridized carbons (Fsp3) is 0.333. The molecule has 1 nitrogen and oxygen atoms in total. The van der Waals surface area contributed by atoms with E-state index in [0.29, 0.717) is 5.92 Å². The van der Waals surface area contributed by atoms with Crippen LogP contribution < -0.4 is 5.73 Å². The van der Waals surface area contributed by atoms with Crippen LogP contribution in [0.25, 0.3) is 0 Å². The van der Waals surface area contributed by atoms with Crippen molar-refractivity contribution in [2.75, 3.05) is 0 Å². The lowest BCUT2D eigenvalue weighted by Crippen LogP contribution is -2.41. The Labute approximate surface area is 115 Å². The summed E-state index contributed by atoms with van der Waals surface area (Å²) in [6.07, 6.45) is 2.18. The van der Waals surface area contributed by atoms with E-state index < -0.39 is 0 Å². The highest BCUT2D eigenvalue weighted by Gasteiger charge is 2.36. The molecule has 1 aliphatic rings. The van der Waals surface area contributed by atoms with Gasteiger partial charge in [-0.25, -0.2) is 0 Å². The maximum Gasteiger partial charge on any atom is 0.0668 e. The first-order valence-electron chi connectivity index (χ1n) is 7.07.